The van der Waals surface area contributed by atoms with Gasteiger partial charge in [-0.1, -0.05) is 10.9 Å². The molecule has 19 heavy (non-hydrogen) atoms. The highest BCUT2D eigenvalue weighted by Gasteiger charge is 2.26. The third kappa shape index (κ3) is 3.98. The number of nitrogens with zero attached hydrogens (tertiary/aromatic N) is 3. The zero-order valence-electron chi connectivity index (χ0n) is 11.6. The van der Waals surface area contributed by atoms with Crippen LogP contribution < -0.4 is 0 Å². The standard InChI is InChI=1S/C13H21N3O2S/c1-3-18-13(17)8-11-6-4-5-7-16(11)9-12-10(2)14-15-19-12/h11H,3-9H2,1-2H3. The predicted octanol–water partition coefficient (Wildman–Crippen LogP) is 2.15. The molecule has 0 radical (unpaired) electrons. The fourth-order valence-corrected chi connectivity index (χ4v) is 3.15. The van der Waals surface area contributed by atoms with Gasteiger partial charge in [0.25, 0.3) is 0 Å². The molecule has 2 heterocycles. The van der Waals surface area contributed by atoms with E-state index < -0.39 is 0 Å². The first-order valence-corrected chi connectivity index (χ1v) is 7.65. The van der Waals surface area contributed by atoms with Gasteiger partial charge in [0.05, 0.1) is 23.6 Å². The normalized spacial score (nSPS) is 20.4. The van der Waals surface area contributed by atoms with E-state index in [-0.39, 0.29) is 5.97 Å². The summed E-state index contributed by atoms with van der Waals surface area (Å²) in [7, 11) is 0. The van der Waals surface area contributed by atoms with Crippen molar-refractivity contribution in [1.29, 1.82) is 0 Å². The van der Waals surface area contributed by atoms with Crippen LogP contribution in [0.15, 0.2) is 0 Å². The van der Waals surface area contributed by atoms with Crippen molar-refractivity contribution in [2.24, 2.45) is 0 Å². The maximum absolute atomic E-state index is 11.7. The van der Waals surface area contributed by atoms with Crippen molar-refractivity contribution in [2.45, 2.75) is 52.1 Å². The molecule has 1 aromatic heterocycles. The first-order chi connectivity index (χ1) is 9.20. The topological polar surface area (TPSA) is 55.3 Å². The van der Waals surface area contributed by atoms with Crippen molar-refractivity contribution in [3.63, 3.8) is 0 Å². The summed E-state index contributed by atoms with van der Waals surface area (Å²) in [6.45, 7) is 6.20. The summed E-state index contributed by atoms with van der Waals surface area (Å²) >= 11 is 1.46. The number of ether oxygens (including phenoxy) is 1. The van der Waals surface area contributed by atoms with Crippen LogP contribution in [-0.4, -0.2) is 39.6 Å². The van der Waals surface area contributed by atoms with E-state index in [1.807, 2.05) is 13.8 Å². The molecule has 1 aromatic rings. The number of aromatic nitrogens is 2. The van der Waals surface area contributed by atoms with E-state index in [1.54, 1.807) is 0 Å². The first kappa shape index (κ1) is 14.4. The van der Waals surface area contributed by atoms with Gasteiger partial charge in [-0.3, -0.25) is 9.69 Å². The molecule has 1 saturated heterocycles. The Kier molecular flexibility index (Phi) is 5.27. The number of piperidine rings is 1. The zero-order chi connectivity index (χ0) is 13.7. The molecule has 0 amide bonds. The zero-order valence-corrected chi connectivity index (χ0v) is 12.4. The molecule has 1 aliphatic heterocycles. The van der Waals surface area contributed by atoms with Crippen LogP contribution in [0, 0.1) is 6.92 Å². The summed E-state index contributed by atoms with van der Waals surface area (Å²) in [4.78, 5) is 15.2. The van der Waals surface area contributed by atoms with Crippen molar-refractivity contribution in [1.82, 2.24) is 14.5 Å². The Morgan fingerprint density at radius 1 is 1.53 bits per heavy atom. The Labute approximate surface area is 118 Å². The summed E-state index contributed by atoms with van der Waals surface area (Å²) < 4.78 is 9.04. The summed E-state index contributed by atoms with van der Waals surface area (Å²) in [6.07, 6.45) is 3.97. The second-order valence-electron chi connectivity index (χ2n) is 4.91. The maximum atomic E-state index is 11.7. The van der Waals surface area contributed by atoms with E-state index >= 15 is 0 Å². The lowest BCUT2D eigenvalue weighted by Gasteiger charge is -2.34. The highest BCUT2D eigenvalue weighted by molar-refractivity contribution is 7.05. The molecule has 1 aliphatic rings. The van der Waals surface area contributed by atoms with Crippen molar-refractivity contribution < 1.29 is 9.53 Å². The first-order valence-electron chi connectivity index (χ1n) is 6.88. The van der Waals surface area contributed by atoms with Gasteiger partial charge in [0.1, 0.15) is 0 Å². The van der Waals surface area contributed by atoms with Gasteiger partial charge in [-0.25, -0.2) is 0 Å². The molecule has 0 bridgehead atoms. The molecular formula is C13H21N3O2S. The molecule has 1 unspecified atom stereocenters. The van der Waals surface area contributed by atoms with Crippen LogP contribution in [0.5, 0.6) is 0 Å². The number of hydrogen-bond donors (Lipinski definition) is 0. The average Bonchev–Trinajstić information content (AvgIpc) is 2.78. The van der Waals surface area contributed by atoms with E-state index in [1.165, 1.54) is 29.3 Å². The average molecular weight is 283 g/mol. The second kappa shape index (κ2) is 6.96. The quantitative estimate of drug-likeness (QED) is 0.775. The van der Waals surface area contributed by atoms with Crippen LogP contribution in [0.2, 0.25) is 0 Å². The van der Waals surface area contributed by atoms with Gasteiger partial charge in [-0.05, 0) is 44.8 Å². The lowest BCUT2D eigenvalue weighted by atomic mass is 9.99. The summed E-state index contributed by atoms with van der Waals surface area (Å²) in [5.74, 6) is -0.0847. The van der Waals surface area contributed by atoms with Gasteiger partial charge < -0.3 is 4.74 Å². The summed E-state index contributed by atoms with van der Waals surface area (Å²) in [6, 6.07) is 0.300. The second-order valence-corrected chi connectivity index (χ2v) is 5.75. The van der Waals surface area contributed by atoms with Gasteiger partial charge in [-0.15, -0.1) is 5.10 Å². The number of hydrogen-bond acceptors (Lipinski definition) is 6. The van der Waals surface area contributed by atoms with Crippen LogP contribution >= 0.6 is 11.5 Å². The summed E-state index contributed by atoms with van der Waals surface area (Å²) in [5.41, 5.74) is 1.01. The third-order valence-electron chi connectivity index (χ3n) is 3.55. The smallest absolute Gasteiger partial charge is 0.307 e. The van der Waals surface area contributed by atoms with Crippen molar-refractivity contribution in [3.8, 4) is 0 Å². The molecule has 2 rings (SSSR count). The molecule has 0 aliphatic carbocycles. The van der Waals surface area contributed by atoms with Crippen molar-refractivity contribution >= 4 is 17.5 Å². The number of rotatable bonds is 5. The Hall–Kier alpha value is -1.01. The van der Waals surface area contributed by atoms with E-state index in [0.717, 1.165) is 25.2 Å². The minimum Gasteiger partial charge on any atom is -0.466 e. The molecule has 0 aromatic carbocycles. The largest absolute Gasteiger partial charge is 0.466 e. The lowest BCUT2D eigenvalue weighted by molar-refractivity contribution is -0.145. The van der Waals surface area contributed by atoms with Gasteiger partial charge in [0.2, 0.25) is 0 Å². The van der Waals surface area contributed by atoms with Crippen LogP contribution in [0.1, 0.15) is 43.2 Å². The molecule has 0 N–H and O–H groups in total. The Balaban J connectivity index is 1.96. The molecule has 0 spiro atoms. The number of carbonyl (C=O) groups excluding carboxylic acids is 1. The summed E-state index contributed by atoms with van der Waals surface area (Å²) in [5, 5.41) is 4.05. The molecular weight excluding hydrogens is 262 g/mol. The lowest BCUT2D eigenvalue weighted by Crippen LogP contribution is -2.40. The molecule has 1 fully saturated rings. The number of esters is 1. The van der Waals surface area contributed by atoms with Gasteiger partial charge in [0.15, 0.2) is 0 Å². The highest BCUT2D eigenvalue weighted by atomic mass is 32.1. The number of carbonyl (C=O) groups is 1. The van der Waals surface area contributed by atoms with Crippen molar-refractivity contribution in [3.05, 3.63) is 10.6 Å². The maximum Gasteiger partial charge on any atom is 0.307 e. The van der Waals surface area contributed by atoms with Gasteiger partial charge >= 0.3 is 5.97 Å². The predicted molar refractivity (Wildman–Crippen MR) is 73.9 cm³/mol. The third-order valence-corrected chi connectivity index (χ3v) is 4.36. The van der Waals surface area contributed by atoms with Crippen molar-refractivity contribution in [2.75, 3.05) is 13.2 Å². The fourth-order valence-electron chi connectivity index (χ4n) is 2.49. The van der Waals surface area contributed by atoms with E-state index in [2.05, 4.69) is 14.5 Å². The Morgan fingerprint density at radius 3 is 3.05 bits per heavy atom. The molecule has 6 heteroatoms. The monoisotopic (exact) mass is 283 g/mol. The van der Waals surface area contributed by atoms with Gasteiger partial charge in [0, 0.05) is 12.6 Å². The molecule has 1 atom stereocenters. The van der Waals surface area contributed by atoms with E-state index in [0.29, 0.717) is 19.1 Å². The minimum atomic E-state index is -0.0847. The van der Waals surface area contributed by atoms with E-state index in [9.17, 15) is 4.79 Å². The molecule has 5 nitrogen and oxygen atoms in total. The van der Waals surface area contributed by atoms with E-state index in [4.69, 9.17) is 4.74 Å². The van der Waals surface area contributed by atoms with Crippen LogP contribution in [-0.2, 0) is 16.1 Å². The Morgan fingerprint density at radius 2 is 2.37 bits per heavy atom. The fraction of sp³-hybridized carbons (Fsp3) is 0.769. The van der Waals surface area contributed by atoms with Gasteiger partial charge in [-0.2, -0.15) is 0 Å². The SMILES string of the molecule is CCOC(=O)CC1CCCCN1Cc1snnc1C. The minimum absolute atomic E-state index is 0.0847. The number of aryl methyl sites for hydroxylation is 1. The Bertz CT molecular complexity index is 422. The van der Waals surface area contributed by atoms with Crippen LogP contribution in [0.4, 0.5) is 0 Å². The van der Waals surface area contributed by atoms with Crippen LogP contribution in [0.3, 0.4) is 0 Å². The molecule has 106 valence electrons. The van der Waals surface area contributed by atoms with Crippen LogP contribution in [0.25, 0.3) is 0 Å². The highest BCUT2D eigenvalue weighted by Crippen LogP contribution is 2.24. The number of likely N-dealkylation sites (tertiary alicyclic amines) is 1. The molecule has 0 saturated carbocycles.